The van der Waals surface area contributed by atoms with Crippen molar-refractivity contribution in [1.82, 2.24) is 14.8 Å². The number of rotatable bonds is 3. The van der Waals surface area contributed by atoms with Crippen LogP contribution in [0, 0.1) is 12.7 Å². The maximum absolute atomic E-state index is 13.4. The van der Waals surface area contributed by atoms with Crippen LogP contribution in [0.1, 0.15) is 21.6 Å². The van der Waals surface area contributed by atoms with Gasteiger partial charge < -0.3 is 10.6 Å². The SMILES string of the molecule is Cc1cc(NC(=O)c2cnc3c(c2)CCN3)nn1-c1cccc(F)c1. The second-order valence-electron chi connectivity index (χ2n) is 5.93. The van der Waals surface area contributed by atoms with Gasteiger partial charge in [-0.05, 0) is 43.2 Å². The highest BCUT2D eigenvalue weighted by Crippen LogP contribution is 2.21. The first-order chi connectivity index (χ1) is 12.1. The number of aromatic nitrogens is 3. The summed E-state index contributed by atoms with van der Waals surface area (Å²) in [6.07, 6.45) is 2.40. The molecular formula is C18H16FN5O. The van der Waals surface area contributed by atoms with Gasteiger partial charge in [0.15, 0.2) is 5.82 Å². The zero-order chi connectivity index (χ0) is 17.4. The van der Waals surface area contributed by atoms with Crippen molar-refractivity contribution in [3.05, 3.63) is 65.2 Å². The number of anilines is 2. The number of halogens is 1. The molecule has 6 nitrogen and oxygen atoms in total. The highest BCUT2D eigenvalue weighted by Gasteiger charge is 2.16. The predicted octanol–water partition coefficient (Wildman–Crippen LogP) is 2.94. The fourth-order valence-corrected chi connectivity index (χ4v) is 2.89. The van der Waals surface area contributed by atoms with E-state index in [2.05, 4.69) is 20.7 Å². The lowest BCUT2D eigenvalue weighted by Gasteiger charge is -2.05. The molecule has 2 N–H and O–H groups in total. The average molecular weight is 337 g/mol. The van der Waals surface area contributed by atoms with Crippen LogP contribution in [0.3, 0.4) is 0 Å². The fourth-order valence-electron chi connectivity index (χ4n) is 2.89. The van der Waals surface area contributed by atoms with Crippen molar-refractivity contribution in [2.24, 2.45) is 0 Å². The fraction of sp³-hybridized carbons (Fsp3) is 0.167. The van der Waals surface area contributed by atoms with Crippen LogP contribution >= 0.6 is 0 Å². The molecule has 0 atom stereocenters. The number of hydrogen-bond acceptors (Lipinski definition) is 4. The van der Waals surface area contributed by atoms with Gasteiger partial charge in [0.05, 0.1) is 11.3 Å². The molecule has 0 radical (unpaired) electrons. The highest BCUT2D eigenvalue weighted by molar-refractivity contribution is 6.03. The minimum absolute atomic E-state index is 0.272. The monoisotopic (exact) mass is 337 g/mol. The van der Waals surface area contributed by atoms with E-state index in [0.717, 1.165) is 30.0 Å². The van der Waals surface area contributed by atoms with E-state index in [4.69, 9.17) is 0 Å². The van der Waals surface area contributed by atoms with E-state index >= 15 is 0 Å². The van der Waals surface area contributed by atoms with Gasteiger partial charge in [0, 0.05) is 24.5 Å². The largest absolute Gasteiger partial charge is 0.370 e. The molecule has 0 saturated heterocycles. The molecule has 2 aromatic heterocycles. The van der Waals surface area contributed by atoms with E-state index in [1.807, 2.05) is 13.0 Å². The predicted molar refractivity (Wildman–Crippen MR) is 92.6 cm³/mol. The van der Waals surface area contributed by atoms with Gasteiger partial charge >= 0.3 is 0 Å². The third-order valence-corrected chi connectivity index (χ3v) is 4.10. The molecule has 0 bridgehead atoms. The number of pyridine rings is 1. The number of hydrogen-bond donors (Lipinski definition) is 2. The lowest BCUT2D eigenvalue weighted by atomic mass is 10.1. The Labute approximate surface area is 143 Å². The molecule has 25 heavy (non-hydrogen) atoms. The molecule has 3 heterocycles. The van der Waals surface area contributed by atoms with Gasteiger partial charge in [-0.2, -0.15) is 0 Å². The van der Waals surface area contributed by atoms with E-state index in [-0.39, 0.29) is 11.7 Å². The number of carbonyl (C=O) groups excluding carboxylic acids is 1. The zero-order valence-corrected chi connectivity index (χ0v) is 13.6. The van der Waals surface area contributed by atoms with Crippen molar-refractivity contribution in [3.63, 3.8) is 0 Å². The molecule has 0 spiro atoms. The van der Waals surface area contributed by atoms with E-state index in [0.29, 0.717) is 17.1 Å². The Morgan fingerprint density at radius 2 is 2.20 bits per heavy atom. The first-order valence-electron chi connectivity index (χ1n) is 7.97. The van der Waals surface area contributed by atoms with Crippen molar-refractivity contribution in [1.29, 1.82) is 0 Å². The summed E-state index contributed by atoms with van der Waals surface area (Å²) in [4.78, 5) is 16.7. The Kier molecular flexibility index (Phi) is 3.68. The summed E-state index contributed by atoms with van der Waals surface area (Å²) in [6, 6.07) is 9.73. The lowest BCUT2D eigenvalue weighted by molar-refractivity contribution is 0.102. The molecule has 0 saturated carbocycles. The molecule has 7 heteroatoms. The highest BCUT2D eigenvalue weighted by atomic mass is 19.1. The zero-order valence-electron chi connectivity index (χ0n) is 13.6. The van der Waals surface area contributed by atoms with Gasteiger partial charge in [0.2, 0.25) is 0 Å². The van der Waals surface area contributed by atoms with Gasteiger partial charge in [-0.1, -0.05) is 6.07 Å². The molecule has 3 aromatic rings. The smallest absolute Gasteiger partial charge is 0.258 e. The van der Waals surface area contributed by atoms with Gasteiger partial charge in [-0.15, -0.1) is 5.10 Å². The number of nitrogens with zero attached hydrogens (tertiary/aromatic N) is 3. The lowest BCUT2D eigenvalue weighted by Crippen LogP contribution is -2.13. The minimum Gasteiger partial charge on any atom is -0.370 e. The summed E-state index contributed by atoms with van der Waals surface area (Å²) in [5.41, 5.74) is 2.91. The molecule has 0 aliphatic carbocycles. The maximum Gasteiger partial charge on any atom is 0.258 e. The Morgan fingerprint density at radius 1 is 1.32 bits per heavy atom. The molecule has 4 rings (SSSR count). The van der Waals surface area contributed by atoms with Crippen LogP contribution in [0.15, 0.2) is 42.6 Å². The van der Waals surface area contributed by atoms with Crippen molar-refractivity contribution in [3.8, 4) is 5.69 Å². The van der Waals surface area contributed by atoms with Crippen LogP contribution < -0.4 is 10.6 Å². The van der Waals surface area contributed by atoms with Crippen molar-refractivity contribution in [2.75, 3.05) is 17.2 Å². The quantitative estimate of drug-likeness (QED) is 0.771. The van der Waals surface area contributed by atoms with Crippen LogP contribution in [0.4, 0.5) is 16.0 Å². The molecule has 1 aromatic carbocycles. The number of fused-ring (bicyclic) bond motifs is 1. The van der Waals surface area contributed by atoms with E-state index < -0.39 is 0 Å². The Bertz CT molecular complexity index is 966. The second-order valence-corrected chi connectivity index (χ2v) is 5.93. The van der Waals surface area contributed by atoms with Crippen LogP contribution in [-0.4, -0.2) is 27.2 Å². The summed E-state index contributed by atoms with van der Waals surface area (Å²) in [5, 5.41) is 10.3. The van der Waals surface area contributed by atoms with Gasteiger partial charge in [-0.3, -0.25) is 4.79 Å². The van der Waals surface area contributed by atoms with Crippen molar-refractivity contribution in [2.45, 2.75) is 13.3 Å². The van der Waals surface area contributed by atoms with Crippen LogP contribution in [-0.2, 0) is 6.42 Å². The van der Waals surface area contributed by atoms with Crippen molar-refractivity contribution < 1.29 is 9.18 Å². The average Bonchev–Trinajstić information content (AvgIpc) is 3.20. The van der Waals surface area contributed by atoms with Gasteiger partial charge in [0.1, 0.15) is 11.6 Å². The normalized spacial score (nSPS) is 12.6. The molecule has 1 aliphatic rings. The van der Waals surface area contributed by atoms with Gasteiger partial charge in [-0.25, -0.2) is 14.1 Å². The number of benzene rings is 1. The molecular weight excluding hydrogens is 321 g/mol. The van der Waals surface area contributed by atoms with Crippen LogP contribution in [0.2, 0.25) is 0 Å². The Hall–Kier alpha value is -3.22. The summed E-state index contributed by atoms with van der Waals surface area (Å²) >= 11 is 0. The molecule has 0 unspecified atom stereocenters. The summed E-state index contributed by atoms with van der Waals surface area (Å²) in [6.45, 7) is 2.68. The molecule has 0 fully saturated rings. The third kappa shape index (κ3) is 2.96. The van der Waals surface area contributed by atoms with Gasteiger partial charge in [0.25, 0.3) is 5.91 Å². The van der Waals surface area contributed by atoms with E-state index in [9.17, 15) is 9.18 Å². The second kappa shape index (κ2) is 6.01. The first kappa shape index (κ1) is 15.3. The van der Waals surface area contributed by atoms with E-state index in [1.54, 1.807) is 29.1 Å². The Morgan fingerprint density at radius 3 is 3.04 bits per heavy atom. The molecule has 126 valence electrons. The molecule has 1 aliphatic heterocycles. The molecule has 1 amide bonds. The third-order valence-electron chi connectivity index (χ3n) is 4.10. The topological polar surface area (TPSA) is 71.8 Å². The standard InChI is InChI=1S/C18H16FN5O/c1-11-7-16(23-24(11)15-4-2-3-14(19)9-15)22-18(25)13-8-12-5-6-20-17(12)21-10-13/h2-4,7-10H,5-6H2,1H3,(H,20,21)(H,22,23,25). The first-order valence-corrected chi connectivity index (χ1v) is 7.97. The van der Waals surface area contributed by atoms with Crippen LogP contribution in [0.5, 0.6) is 0 Å². The Balaban J connectivity index is 1.57. The maximum atomic E-state index is 13.4. The number of carbonyl (C=O) groups is 1. The number of amides is 1. The number of aryl methyl sites for hydroxylation is 1. The van der Waals surface area contributed by atoms with Crippen molar-refractivity contribution >= 4 is 17.5 Å². The summed E-state index contributed by atoms with van der Waals surface area (Å²) < 4.78 is 15.0. The van der Waals surface area contributed by atoms with Crippen LogP contribution in [0.25, 0.3) is 5.69 Å². The van der Waals surface area contributed by atoms with E-state index in [1.165, 1.54) is 12.1 Å². The summed E-state index contributed by atoms with van der Waals surface area (Å²) in [7, 11) is 0. The number of nitrogens with one attached hydrogen (secondary N) is 2. The summed E-state index contributed by atoms with van der Waals surface area (Å²) in [5.74, 6) is 0.634. The minimum atomic E-state index is -0.337.